The van der Waals surface area contributed by atoms with Crippen LogP contribution in [0.5, 0.6) is 0 Å². The van der Waals surface area contributed by atoms with Gasteiger partial charge in [-0.1, -0.05) is 12.1 Å². The first-order chi connectivity index (χ1) is 9.71. The normalized spacial score (nSPS) is 11.5. The van der Waals surface area contributed by atoms with Crippen LogP contribution in [0.15, 0.2) is 36.4 Å². The number of hydrogen-bond donors (Lipinski definition) is 0. The Morgan fingerprint density at radius 1 is 0.857 bits per heavy atom. The third kappa shape index (κ3) is 2.91. The number of alkyl halides is 3. The lowest BCUT2D eigenvalue weighted by molar-refractivity contribution is -0.140. The first-order valence-electron chi connectivity index (χ1n) is 5.57. The summed E-state index contributed by atoms with van der Waals surface area (Å²) in [4.78, 5) is 11.9. The molecule has 2 rings (SSSR count). The molecule has 0 heterocycles. The highest BCUT2D eigenvalue weighted by Gasteiger charge is 2.34. The molecule has 0 aliphatic heterocycles. The lowest BCUT2D eigenvalue weighted by Crippen LogP contribution is -2.11. The Morgan fingerprint density at radius 2 is 1.43 bits per heavy atom. The molecule has 0 aromatic heterocycles. The zero-order valence-corrected chi connectivity index (χ0v) is 10.1. The minimum atomic E-state index is -4.92. The van der Waals surface area contributed by atoms with E-state index < -0.39 is 46.1 Å². The van der Waals surface area contributed by atoms with Gasteiger partial charge >= 0.3 is 6.18 Å². The van der Waals surface area contributed by atoms with Gasteiger partial charge < -0.3 is 0 Å². The zero-order valence-electron chi connectivity index (χ0n) is 10.1. The molecule has 7 heteroatoms. The molecule has 0 N–H and O–H groups in total. The summed E-state index contributed by atoms with van der Waals surface area (Å²) in [5, 5.41) is 0. The fourth-order valence-electron chi connectivity index (χ4n) is 1.75. The van der Waals surface area contributed by atoms with E-state index in [1.807, 2.05) is 0 Å². The molecule has 1 nitrogen and oxygen atoms in total. The highest BCUT2D eigenvalue weighted by atomic mass is 19.4. The first-order valence-corrected chi connectivity index (χ1v) is 5.57. The Kier molecular flexibility index (Phi) is 3.76. The second-order valence-electron chi connectivity index (χ2n) is 4.12. The van der Waals surface area contributed by atoms with E-state index in [1.165, 1.54) is 0 Å². The van der Waals surface area contributed by atoms with E-state index in [4.69, 9.17) is 0 Å². The molecule has 0 saturated carbocycles. The molecule has 0 radical (unpaired) electrons. The van der Waals surface area contributed by atoms with Gasteiger partial charge in [0.15, 0.2) is 5.78 Å². The van der Waals surface area contributed by atoms with Crippen molar-refractivity contribution in [2.75, 3.05) is 0 Å². The maximum Gasteiger partial charge on any atom is 0.419 e. The molecular formula is C14H6F6O. The van der Waals surface area contributed by atoms with E-state index in [2.05, 4.69) is 0 Å². The van der Waals surface area contributed by atoms with E-state index in [0.29, 0.717) is 18.2 Å². The smallest absolute Gasteiger partial charge is 0.288 e. The van der Waals surface area contributed by atoms with Gasteiger partial charge in [-0.3, -0.25) is 4.79 Å². The standard InChI is InChI=1S/C14H6F6O/c15-9-2-1-3-10(16)12(9)13(21)7-4-5-8(11(17)6-7)14(18,19)20/h1-6H. The Morgan fingerprint density at radius 3 is 1.90 bits per heavy atom. The van der Waals surface area contributed by atoms with Crippen molar-refractivity contribution in [3.63, 3.8) is 0 Å². The summed E-state index contributed by atoms with van der Waals surface area (Å²) in [5.74, 6) is -5.29. The number of carbonyl (C=O) groups is 1. The number of benzene rings is 2. The summed E-state index contributed by atoms with van der Waals surface area (Å²) in [6.07, 6.45) is -4.92. The van der Waals surface area contributed by atoms with Crippen molar-refractivity contribution >= 4 is 5.78 Å². The van der Waals surface area contributed by atoms with Crippen LogP contribution in [-0.4, -0.2) is 5.78 Å². The zero-order chi connectivity index (χ0) is 15.8. The van der Waals surface area contributed by atoms with Gasteiger partial charge in [0.05, 0.1) is 11.1 Å². The van der Waals surface area contributed by atoms with Crippen LogP contribution in [0.3, 0.4) is 0 Å². The van der Waals surface area contributed by atoms with E-state index >= 15 is 0 Å². The van der Waals surface area contributed by atoms with E-state index in [1.54, 1.807) is 0 Å². The number of hydrogen-bond acceptors (Lipinski definition) is 1. The highest BCUT2D eigenvalue weighted by Crippen LogP contribution is 2.32. The van der Waals surface area contributed by atoms with Crippen molar-refractivity contribution in [2.24, 2.45) is 0 Å². The lowest BCUT2D eigenvalue weighted by Gasteiger charge is -2.09. The van der Waals surface area contributed by atoms with Gasteiger partial charge in [0.2, 0.25) is 0 Å². The lowest BCUT2D eigenvalue weighted by atomic mass is 10.0. The van der Waals surface area contributed by atoms with Gasteiger partial charge in [0, 0.05) is 5.56 Å². The second kappa shape index (κ2) is 5.23. The Bertz CT molecular complexity index is 685. The number of carbonyl (C=O) groups excluding carboxylic acids is 1. The molecule has 0 aliphatic rings. The van der Waals surface area contributed by atoms with Crippen molar-refractivity contribution in [3.8, 4) is 0 Å². The van der Waals surface area contributed by atoms with Gasteiger partial charge in [0.1, 0.15) is 17.5 Å². The molecular weight excluding hydrogens is 298 g/mol. The van der Waals surface area contributed by atoms with Gasteiger partial charge in [-0.15, -0.1) is 0 Å². The summed E-state index contributed by atoms with van der Waals surface area (Å²) in [6.45, 7) is 0. The maximum atomic E-state index is 13.4. The van der Waals surface area contributed by atoms with E-state index in [0.717, 1.165) is 18.2 Å². The number of halogens is 6. The summed E-state index contributed by atoms with van der Waals surface area (Å²) in [7, 11) is 0. The number of rotatable bonds is 2. The Balaban J connectivity index is 2.49. The largest absolute Gasteiger partial charge is 0.419 e. The van der Waals surface area contributed by atoms with Crippen molar-refractivity contribution < 1.29 is 31.1 Å². The summed E-state index contributed by atoms with van der Waals surface area (Å²) in [5.41, 5.74) is -3.09. The topological polar surface area (TPSA) is 17.1 Å². The van der Waals surface area contributed by atoms with Crippen LogP contribution >= 0.6 is 0 Å². The SMILES string of the molecule is O=C(c1ccc(C(F)(F)F)c(F)c1)c1c(F)cccc1F. The van der Waals surface area contributed by atoms with Crippen LogP contribution in [0.1, 0.15) is 21.5 Å². The molecule has 2 aromatic rings. The van der Waals surface area contributed by atoms with Gasteiger partial charge in [-0.05, 0) is 24.3 Å². The van der Waals surface area contributed by atoms with Gasteiger partial charge in [-0.2, -0.15) is 13.2 Å². The van der Waals surface area contributed by atoms with Crippen molar-refractivity contribution in [1.82, 2.24) is 0 Å². The molecule has 0 spiro atoms. The Labute approximate surface area is 114 Å². The third-order valence-electron chi connectivity index (χ3n) is 2.73. The van der Waals surface area contributed by atoms with E-state index in [9.17, 15) is 31.1 Å². The van der Waals surface area contributed by atoms with Crippen molar-refractivity contribution in [2.45, 2.75) is 6.18 Å². The van der Waals surface area contributed by atoms with Gasteiger partial charge in [0.25, 0.3) is 0 Å². The molecule has 0 bridgehead atoms. The molecule has 0 atom stereocenters. The fourth-order valence-corrected chi connectivity index (χ4v) is 1.75. The molecule has 0 amide bonds. The summed E-state index contributed by atoms with van der Waals surface area (Å²) < 4.78 is 77.4. The molecule has 0 fully saturated rings. The predicted molar refractivity (Wildman–Crippen MR) is 61.2 cm³/mol. The van der Waals surface area contributed by atoms with E-state index in [-0.39, 0.29) is 0 Å². The molecule has 21 heavy (non-hydrogen) atoms. The quantitative estimate of drug-likeness (QED) is 0.595. The maximum absolute atomic E-state index is 13.4. The minimum Gasteiger partial charge on any atom is -0.288 e. The third-order valence-corrected chi connectivity index (χ3v) is 2.73. The molecule has 0 aliphatic carbocycles. The molecule has 0 unspecified atom stereocenters. The summed E-state index contributed by atoms with van der Waals surface area (Å²) in [6, 6.07) is 3.97. The van der Waals surface area contributed by atoms with Crippen LogP contribution in [-0.2, 0) is 6.18 Å². The average Bonchev–Trinajstić information content (AvgIpc) is 2.36. The average molecular weight is 304 g/mol. The molecule has 0 saturated heterocycles. The fraction of sp³-hybridized carbons (Fsp3) is 0.0714. The van der Waals surface area contributed by atoms with Crippen LogP contribution < -0.4 is 0 Å². The Hall–Kier alpha value is -2.31. The van der Waals surface area contributed by atoms with Crippen LogP contribution in [0.2, 0.25) is 0 Å². The van der Waals surface area contributed by atoms with Crippen LogP contribution in [0.25, 0.3) is 0 Å². The van der Waals surface area contributed by atoms with Crippen LogP contribution in [0.4, 0.5) is 26.3 Å². The first kappa shape index (κ1) is 15.1. The predicted octanol–water partition coefficient (Wildman–Crippen LogP) is 4.35. The molecule has 2 aromatic carbocycles. The monoisotopic (exact) mass is 304 g/mol. The van der Waals surface area contributed by atoms with Crippen molar-refractivity contribution in [1.29, 1.82) is 0 Å². The van der Waals surface area contributed by atoms with Gasteiger partial charge in [-0.25, -0.2) is 13.2 Å². The molecule has 110 valence electrons. The second-order valence-corrected chi connectivity index (χ2v) is 4.12. The number of ketones is 1. The minimum absolute atomic E-state index is 0.303. The van der Waals surface area contributed by atoms with Crippen LogP contribution in [0, 0.1) is 17.5 Å². The van der Waals surface area contributed by atoms with Crippen molar-refractivity contribution in [3.05, 3.63) is 70.5 Å². The highest BCUT2D eigenvalue weighted by molar-refractivity contribution is 6.09. The summed E-state index contributed by atoms with van der Waals surface area (Å²) >= 11 is 0.